The van der Waals surface area contributed by atoms with E-state index in [4.69, 9.17) is 16.7 Å². The van der Waals surface area contributed by atoms with E-state index < -0.39 is 12.1 Å². The second-order valence-electron chi connectivity index (χ2n) is 3.56. The number of benzene rings is 1. The van der Waals surface area contributed by atoms with Crippen LogP contribution < -0.4 is 0 Å². The molecule has 0 aliphatic heterocycles. The molecule has 0 heterocycles. The van der Waals surface area contributed by atoms with Crippen molar-refractivity contribution in [2.75, 3.05) is 5.88 Å². The molecular weight excluding hydrogens is 260 g/mol. The Bertz CT molecular complexity index is 483. The molecule has 0 aliphatic carbocycles. The van der Waals surface area contributed by atoms with Gasteiger partial charge >= 0.3 is 5.97 Å². The predicted octanol–water partition coefficient (Wildman–Crippen LogP) is 1.43. The fourth-order valence-electron chi connectivity index (χ4n) is 1.46. The third-order valence-electron chi connectivity index (χ3n) is 2.39. The number of rotatable bonds is 6. The van der Waals surface area contributed by atoms with Gasteiger partial charge in [-0.25, -0.2) is 4.79 Å². The van der Waals surface area contributed by atoms with Crippen molar-refractivity contribution >= 4 is 29.6 Å². The molecule has 5 nitrogen and oxygen atoms in total. The van der Waals surface area contributed by atoms with Gasteiger partial charge in [0, 0.05) is 29.0 Å². The minimum atomic E-state index is -1.79. The first-order chi connectivity index (χ1) is 8.51. The van der Waals surface area contributed by atoms with Crippen LogP contribution in [0.3, 0.4) is 0 Å². The van der Waals surface area contributed by atoms with Gasteiger partial charge in [0.25, 0.3) is 0 Å². The molecule has 1 aromatic rings. The zero-order chi connectivity index (χ0) is 13.7. The number of alkyl halides is 1. The topological polar surface area (TPSA) is 91.7 Å². The average Bonchev–Trinajstić information content (AvgIpc) is 2.37. The number of aliphatic carboxylic acids is 1. The van der Waals surface area contributed by atoms with Crippen molar-refractivity contribution in [3.05, 3.63) is 34.9 Å². The van der Waals surface area contributed by atoms with Crippen LogP contribution in [-0.4, -0.2) is 34.1 Å². The summed E-state index contributed by atoms with van der Waals surface area (Å²) in [6.45, 7) is 0. The Labute approximate surface area is 108 Å². The number of carboxylic acids is 1. The van der Waals surface area contributed by atoms with Crippen LogP contribution in [0.15, 0.2) is 18.2 Å². The van der Waals surface area contributed by atoms with Gasteiger partial charge in [0.1, 0.15) is 6.29 Å². The number of ketones is 1. The molecule has 2 N–H and O–H groups in total. The Morgan fingerprint density at radius 2 is 2.06 bits per heavy atom. The number of aldehydes is 1. The number of hydrogen-bond donors (Lipinski definition) is 2. The molecule has 0 radical (unpaired) electrons. The summed E-state index contributed by atoms with van der Waals surface area (Å²) in [5.74, 6) is -1.54. The van der Waals surface area contributed by atoms with Gasteiger partial charge in [-0.3, -0.25) is 9.59 Å². The van der Waals surface area contributed by atoms with Gasteiger partial charge in [0.05, 0.1) is 0 Å². The van der Waals surface area contributed by atoms with Crippen molar-refractivity contribution < 1.29 is 24.6 Å². The smallest absolute Gasteiger partial charge is 0.337 e. The van der Waals surface area contributed by atoms with E-state index in [0.717, 1.165) is 0 Å². The van der Waals surface area contributed by atoms with Crippen LogP contribution in [0.4, 0.5) is 0 Å². The summed E-state index contributed by atoms with van der Waals surface area (Å²) in [6.07, 6.45) is -1.26. The molecule has 18 heavy (non-hydrogen) atoms. The van der Waals surface area contributed by atoms with E-state index in [1.165, 1.54) is 18.2 Å². The van der Waals surface area contributed by atoms with E-state index in [0.29, 0.717) is 6.29 Å². The number of hydrogen-bond acceptors (Lipinski definition) is 4. The highest BCUT2D eigenvalue weighted by atomic mass is 35.5. The molecule has 1 unspecified atom stereocenters. The monoisotopic (exact) mass is 270 g/mol. The first kappa shape index (κ1) is 14.3. The van der Waals surface area contributed by atoms with Crippen LogP contribution in [0.25, 0.3) is 0 Å². The summed E-state index contributed by atoms with van der Waals surface area (Å²) >= 11 is 5.44. The third-order valence-corrected chi connectivity index (χ3v) is 2.57. The van der Waals surface area contributed by atoms with Crippen molar-refractivity contribution in [3.63, 3.8) is 0 Å². The van der Waals surface area contributed by atoms with Crippen molar-refractivity contribution in [1.82, 2.24) is 0 Å². The number of halogens is 1. The maximum Gasteiger partial charge on any atom is 0.337 e. The summed E-state index contributed by atoms with van der Waals surface area (Å²) in [5.41, 5.74) is 0.198. The zero-order valence-electron chi connectivity index (χ0n) is 9.30. The maximum absolute atomic E-state index is 11.5. The highest BCUT2D eigenvalue weighted by Gasteiger charge is 2.20. The molecule has 0 aliphatic rings. The molecule has 0 spiro atoms. The van der Waals surface area contributed by atoms with Gasteiger partial charge in [-0.15, -0.1) is 11.6 Å². The number of Topliss-reactive ketones (excluding diaryl/α,β-unsaturated/α-hetero) is 1. The molecule has 96 valence electrons. The highest BCUT2D eigenvalue weighted by Crippen LogP contribution is 2.19. The van der Waals surface area contributed by atoms with Crippen LogP contribution in [0.2, 0.25) is 0 Å². The number of carboxylic acid groups (broad SMARTS) is 1. The molecule has 0 amide bonds. The number of carbonyl (C=O) groups is 3. The molecule has 1 atom stereocenters. The first-order valence-electron chi connectivity index (χ1n) is 5.10. The summed E-state index contributed by atoms with van der Waals surface area (Å²) in [5, 5.41) is 18.0. The molecule has 0 saturated heterocycles. The van der Waals surface area contributed by atoms with Crippen molar-refractivity contribution in [2.24, 2.45) is 0 Å². The van der Waals surface area contributed by atoms with E-state index in [-0.39, 0.29) is 34.8 Å². The fourth-order valence-corrected chi connectivity index (χ4v) is 1.63. The summed E-state index contributed by atoms with van der Waals surface area (Å²) < 4.78 is 0. The van der Waals surface area contributed by atoms with E-state index in [1.807, 2.05) is 0 Å². The summed E-state index contributed by atoms with van der Waals surface area (Å²) in [6, 6.07) is 3.87. The van der Waals surface area contributed by atoms with Crippen molar-refractivity contribution in [1.29, 1.82) is 0 Å². The lowest BCUT2D eigenvalue weighted by Gasteiger charge is -2.09. The van der Waals surface area contributed by atoms with Gasteiger partial charge in [-0.05, 0) is 6.07 Å². The fraction of sp³-hybridized carbons (Fsp3) is 0.250. The Kier molecular flexibility index (Phi) is 5.00. The second-order valence-corrected chi connectivity index (χ2v) is 3.94. The molecule has 6 heteroatoms. The largest absolute Gasteiger partial charge is 0.479 e. The quantitative estimate of drug-likeness (QED) is 0.463. The first-order valence-corrected chi connectivity index (χ1v) is 5.64. The molecule has 0 aromatic heterocycles. The van der Waals surface area contributed by atoms with Gasteiger partial charge in [-0.2, -0.15) is 0 Å². The lowest BCUT2D eigenvalue weighted by molar-refractivity contribution is -0.146. The van der Waals surface area contributed by atoms with Crippen LogP contribution in [0, 0.1) is 0 Å². The van der Waals surface area contributed by atoms with Crippen LogP contribution >= 0.6 is 11.6 Å². The van der Waals surface area contributed by atoms with Gasteiger partial charge in [-0.1, -0.05) is 12.1 Å². The Hall–Kier alpha value is -1.72. The van der Waals surface area contributed by atoms with E-state index >= 15 is 0 Å². The molecule has 0 saturated carbocycles. The lowest BCUT2D eigenvalue weighted by atomic mass is 9.98. The second kappa shape index (κ2) is 6.28. The Morgan fingerprint density at radius 3 is 2.56 bits per heavy atom. The van der Waals surface area contributed by atoms with E-state index in [2.05, 4.69) is 0 Å². The van der Waals surface area contributed by atoms with Crippen molar-refractivity contribution in [3.8, 4) is 0 Å². The maximum atomic E-state index is 11.5. The zero-order valence-corrected chi connectivity index (χ0v) is 10.1. The standard InChI is InChI=1S/C12H11ClO5/c13-4-3-10(15)7-1-2-9(8(5-7)6-14)11(16)12(17)18/h1-2,5-6,11,16H,3-4H2,(H,17,18). The molecule has 0 fully saturated rings. The van der Waals surface area contributed by atoms with Gasteiger partial charge < -0.3 is 10.2 Å². The van der Waals surface area contributed by atoms with E-state index in [9.17, 15) is 19.5 Å². The number of aliphatic hydroxyl groups excluding tert-OH is 1. The van der Waals surface area contributed by atoms with E-state index in [1.54, 1.807) is 0 Å². The normalized spacial score (nSPS) is 11.9. The average molecular weight is 271 g/mol. The molecule has 0 bridgehead atoms. The molecular formula is C12H11ClO5. The van der Waals surface area contributed by atoms with Crippen LogP contribution in [0.5, 0.6) is 0 Å². The van der Waals surface area contributed by atoms with Gasteiger partial charge in [0.15, 0.2) is 11.9 Å². The number of aliphatic hydroxyl groups is 1. The van der Waals surface area contributed by atoms with Crippen LogP contribution in [0.1, 0.15) is 38.8 Å². The number of carbonyl (C=O) groups excluding carboxylic acids is 2. The Balaban J connectivity index is 3.15. The SMILES string of the molecule is O=Cc1cc(C(=O)CCCl)ccc1C(O)C(=O)O. The summed E-state index contributed by atoms with van der Waals surface area (Å²) in [7, 11) is 0. The Morgan fingerprint density at radius 1 is 1.39 bits per heavy atom. The highest BCUT2D eigenvalue weighted by molar-refractivity contribution is 6.19. The lowest BCUT2D eigenvalue weighted by Crippen LogP contribution is -2.13. The van der Waals surface area contributed by atoms with Crippen molar-refractivity contribution in [2.45, 2.75) is 12.5 Å². The molecule has 1 aromatic carbocycles. The minimum absolute atomic E-state index is 0.0228. The predicted molar refractivity (Wildman–Crippen MR) is 64.1 cm³/mol. The third kappa shape index (κ3) is 3.15. The summed E-state index contributed by atoms with van der Waals surface area (Å²) in [4.78, 5) is 33.0. The van der Waals surface area contributed by atoms with Crippen LogP contribution in [-0.2, 0) is 4.79 Å². The van der Waals surface area contributed by atoms with Gasteiger partial charge in [0.2, 0.25) is 0 Å². The molecule has 1 rings (SSSR count). The minimum Gasteiger partial charge on any atom is -0.479 e.